The summed E-state index contributed by atoms with van der Waals surface area (Å²) in [5.41, 5.74) is 5.66. The maximum absolute atomic E-state index is 11.9. The summed E-state index contributed by atoms with van der Waals surface area (Å²) in [7, 11) is -3.28. The highest BCUT2D eigenvalue weighted by molar-refractivity contribution is 7.87. The molecule has 0 spiro atoms. The summed E-state index contributed by atoms with van der Waals surface area (Å²) in [5.74, 6) is 0.801. The molecular formula is C10H23N3O2S. The van der Waals surface area contributed by atoms with Crippen LogP contribution in [0.15, 0.2) is 0 Å². The van der Waals surface area contributed by atoms with Crippen molar-refractivity contribution >= 4 is 10.2 Å². The Bertz CT molecular complexity index is 305. The summed E-state index contributed by atoms with van der Waals surface area (Å²) in [6, 6.07) is 0. The van der Waals surface area contributed by atoms with Gasteiger partial charge in [0.25, 0.3) is 10.2 Å². The second-order valence-electron chi connectivity index (χ2n) is 4.52. The number of hydrogen-bond donors (Lipinski definition) is 2. The monoisotopic (exact) mass is 249 g/mol. The van der Waals surface area contributed by atoms with E-state index in [1.807, 2.05) is 6.92 Å². The van der Waals surface area contributed by atoms with Crippen molar-refractivity contribution in [1.82, 2.24) is 9.03 Å². The fourth-order valence-electron chi connectivity index (χ4n) is 1.96. The van der Waals surface area contributed by atoms with Gasteiger partial charge in [0.05, 0.1) is 0 Å². The van der Waals surface area contributed by atoms with Gasteiger partial charge in [0, 0.05) is 19.6 Å². The Morgan fingerprint density at radius 1 is 1.50 bits per heavy atom. The maximum atomic E-state index is 11.9. The van der Waals surface area contributed by atoms with Crippen molar-refractivity contribution in [3.63, 3.8) is 0 Å². The number of nitrogens with two attached hydrogens (primary N) is 1. The van der Waals surface area contributed by atoms with Gasteiger partial charge in [0.2, 0.25) is 0 Å². The number of rotatable bonds is 5. The third-order valence-electron chi connectivity index (χ3n) is 3.25. The highest BCUT2D eigenvalue weighted by atomic mass is 32.2. The van der Waals surface area contributed by atoms with Crippen molar-refractivity contribution in [1.29, 1.82) is 0 Å². The molecule has 0 saturated carbocycles. The van der Waals surface area contributed by atoms with E-state index in [9.17, 15) is 8.42 Å². The fourth-order valence-corrected chi connectivity index (χ4v) is 3.34. The first-order valence-corrected chi connectivity index (χ1v) is 7.40. The van der Waals surface area contributed by atoms with Crippen LogP contribution in [-0.2, 0) is 10.2 Å². The predicted octanol–water partition coefficient (Wildman–Crippen LogP) is 0.148. The van der Waals surface area contributed by atoms with Crippen LogP contribution in [0, 0.1) is 11.8 Å². The smallest absolute Gasteiger partial charge is 0.279 e. The molecule has 6 heteroatoms. The molecule has 5 nitrogen and oxygen atoms in total. The maximum Gasteiger partial charge on any atom is 0.279 e. The molecule has 96 valence electrons. The van der Waals surface area contributed by atoms with Gasteiger partial charge in [-0.05, 0) is 31.2 Å². The van der Waals surface area contributed by atoms with Crippen LogP contribution in [0.2, 0.25) is 0 Å². The van der Waals surface area contributed by atoms with Crippen LogP contribution in [0.4, 0.5) is 0 Å². The van der Waals surface area contributed by atoms with Crippen LogP contribution >= 0.6 is 0 Å². The summed E-state index contributed by atoms with van der Waals surface area (Å²) in [6.07, 6.45) is 1.71. The van der Waals surface area contributed by atoms with E-state index >= 15 is 0 Å². The zero-order valence-electron chi connectivity index (χ0n) is 10.1. The molecule has 0 aromatic rings. The van der Waals surface area contributed by atoms with E-state index in [1.54, 1.807) is 0 Å². The lowest BCUT2D eigenvalue weighted by Gasteiger charge is -2.35. The van der Waals surface area contributed by atoms with E-state index < -0.39 is 10.2 Å². The van der Waals surface area contributed by atoms with Gasteiger partial charge in [-0.15, -0.1) is 0 Å². The molecule has 0 bridgehead atoms. The lowest BCUT2D eigenvalue weighted by Crippen LogP contribution is -2.49. The van der Waals surface area contributed by atoms with Crippen LogP contribution in [-0.4, -0.2) is 38.9 Å². The molecule has 0 aromatic carbocycles. The third kappa shape index (κ3) is 3.41. The zero-order chi connectivity index (χ0) is 12.2. The molecule has 2 atom stereocenters. The van der Waals surface area contributed by atoms with E-state index in [0.29, 0.717) is 32.1 Å². The molecule has 1 fully saturated rings. The third-order valence-corrected chi connectivity index (χ3v) is 4.83. The van der Waals surface area contributed by atoms with Crippen LogP contribution in [0.5, 0.6) is 0 Å². The number of nitrogens with one attached hydrogen (secondary N) is 1. The lowest BCUT2D eigenvalue weighted by molar-refractivity contribution is 0.201. The minimum Gasteiger partial charge on any atom is -0.330 e. The van der Waals surface area contributed by atoms with E-state index in [-0.39, 0.29) is 5.92 Å². The first-order chi connectivity index (χ1) is 7.51. The molecule has 0 aliphatic carbocycles. The van der Waals surface area contributed by atoms with Crippen LogP contribution in [0.1, 0.15) is 26.7 Å². The van der Waals surface area contributed by atoms with Gasteiger partial charge in [0.15, 0.2) is 0 Å². The minimum absolute atomic E-state index is 0.284. The van der Waals surface area contributed by atoms with Crippen molar-refractivity contribution in [2.45, 2.75) is 26.7 Å². The lowest BCUT2D eigenvalue weighted by atomic mass is 9.88. The highest BCUT2D eigenvalue weighted by Gasteiger charge is 2.31. The topological polar surface area (TPSA) is 75.4 Å². The molecule has 1 rings (SSSR count). The van der Waals surface area contributed by atoms with Crippen molar-refractivity contribution in [2.24, 2.45) is 17.6 Å². The molecule has 1 saturated heterocycles. The SMILES string of the molecule is CCCNS(=O)(=O)N1CCC(C)C(CN)C1. The highest BCUT2D eigenvalue weighted by Crippen LogP contribution is 2.23. The Kier molecular flexibility index (Phi) is 5.17. The first-order valence-electron chi connectivity index (χ1n) is 5.96. The van der Waals surface area contributed by atoms with Crippen LogP contribution in [0.25, 0.3) is 0 Å². The molecule has 1 aliphatic rings. The Morgan fingerprint density at radius 2 is 2.19 bits per heavy atom. The first kappa shape index (κ1) is 13.9. The Hall–Kier alpha value is -0.170. The molecule has 0 amide bonds. The molecule has 3 N–H and O–H groups in total. The Morgan fingerprint density at radius 3 is 2.75 bits per heavy atom. The quantitative estimate of drug-likeness (QED) is 0.728. The number of hydrogen-bond acceptors (Lipinski definition) is 3. The standard InChI is InChI=1S/C10H23N3O2S/c1-3-5-12-16(14,15)13-6-4-9(2)10(7-11)8-13/h9-10,12H,3-8,11H2,1-2H3. The van der Waals surface area contributed by atoms with E-state index in [4.69, 9.17) is 5.73 Å². The second-order valence-corrected chi connectivity index (χ2v) is 6.27. The van der Waals surface area contributed by atoms with Crippen molar-refractivity contribution in [3.05, 3.63) is 0 Å². The van der Waals surface area contributed by atoms with E-state index in [2.05, 4.69) is 11.6 Å². The number of piperidine rings is 1. The van der Waals surface area contributed by atoms with Gasteiger partial charge in [-0.2, -0.15) is 12.7 Å². The molecule has 2 unspecified atom stereocenters. The molecule has 0 aromatic heterocycles. The molecule has 1 heterocycles. The Balaban J connectivity index is 2.60. The van der Waals surface area contributed by atoms with Crippen molar-refractivity contribution in [2.75, 3.05) is 26.2 Å². The molecule has 16 heavy (non-hydrogen) atoms. The zero-order valence-corrected chi connectivity index (χ0v) is 11.0. The van der Waals surface area contributed by atoms with Crippen LogP contribution in [0.3, 0.4) is 0 Å². The van der Waals surface area contributed by atoms with E-state index in [1.165, 1.54) is 4.31 Å². The molecule has 0 radical (unpaired) electrons. The summed E-state index contributed by atoms with van der Waals surface area (Å²) < 4.78 is 27.9. The summed E-state index contributed by atoms with van der Waals surface area (Å²) >= 11 is 0. The van der Waals surface area contributed by atoms with Gasteiger partial charge < -0.3 is 5.73 Å². The van der Waals surface area contributed by atoms with Crippen LogP contribution < -0.4 is 10.5 Å². The summed E-state index contributed by atoms with van der Waals surface area (Å²) in [4.78, 5) is 0. The van der Waals surface area contributed by atoms with Gasteiger partial charge >= 0.3 is 0 Å². The van der Waals surface area contributed by atoms with Gasteiger partial charge in [-0.3, -0.25) is 0 Å². The average molecular weight is 249 g/mol. The van der Waals surface area contributed by atoms with Gasteiger partial charge in [-0.1, -0.05) is 13.8 Å². The van der Waals surface area contributed by atoms with Gasteiger partial charge in [-0.25, -0.2) is 4.72 Å². The van der Waals surface area contributed by atoms with Crippen molar-refractivity contribution < 1.29 is 8.42 Å². The fraction of sp³-hybridized carbons (Fsp3) is 1.00. The Labute approximate surface area is 98.6 Å². The second kappa shape index (κ2) is 5.95. The summed E-state index contributed by atoms with van der Waals surface area (Å²) in [5, 5.41) is 0. The predicted molar refractivity (Wildman–Crippen MR) is 65.1 cm³/mol. The van der Waals surface area contributed by atoms with Gasteiger partial charge in [0.1, 0.15) is 0 Å². The van der Waals surface area contributed by atoms with E-state index in [0.717, 1.165) is 12.8 Å². The minimum atomic E-state index is -3.28. The summed E-state index contributed by atoms with van der Waals surface area (Å²) in [6.45, 7) is 6.31. The number of nitrogens with zero attached hydrogens (tertiary/aromatic N) is 1. The molecular weight excluding hydrogens is 226 g/mol. The average Bonchev–Trinajstić information content (AvgIpc) is 2.27. The largest absolute Gasteiger partial charge is 0.330 e. The normalized spacial score (nSPS) is 28.2. The molecule has 1 aliphatic heterocycles. The van der Waals surface area contributed by atoms with Crippen molar-refractivity contribution in [3.8, 4) is 0 Å².